The number of hydrogen-bond acceptors (Lipinski definition) is 4. The predicted octanol–water partition coefficient (Wildman–Crippen LogP) is 1.90. The number of rotatable bonds is 3. The zero-order valence-corrected chi connectivity index (χ0v) is 14.8. The van der Waals surface area contributed by atoms with Crippen LogP contribution in [-0.4, -0.2) is 49.5 Å². The Morgan fingerprint density at radius 2 is 2.08 bits per heavy atom. The quantitative estimate of drug-likeness (QED) is 0.870. The van der Waals surface area contributed by atoms with Gasteiger partial charge in [-0.15, -0.1) is 12.4 Å². The van der Waals surface area contributed by atoms with Crippen LogP contribution in [0.1, 0.15) is 30.1 Å². The van der Waals surface area contributed by atoms with Gasteiger partial charge in [0.1, 0.15) is 0 Å². The summed E-state index contributed by atoms with van der Waals surface area (Å²) in [6.45, 7) is 4.20. The number of para-hydroxylation sites is 1. The number of fused-ring (bicyclic) bond motifs is 1. The normalized spacial score (nSPS) is 20.5. The zero-order valence-electron chi connectivity index (χ0n) is 14.0. The molecule has 0 spiro atoms. The first-order valence-electron chi connectivity index (χ1n) is 8.14. The topological polar surface area (TPSA) is 70.7 Å². The molecule has 2 heterocycles. The minimum atomic E-state index is -0.585. The van der Waals surface area contributed by atoms with Crippen molar-refractivity contribution in [3.8, 4) is 5.75 Å². The summed E-state index contributed by atoms with van der Waals surface area (Å²) in [5.74, 6) is 0.911. The van der Waals surface area contributed by atoms with Crippen LogP contribution in [0.15, 0.2) is 18.2 Å². The van der Waals surface area contributed by atoms with Gasteiger partial charge in [-0.25, -0.2) is 0 Å². The van der Waals surface area contributed by atoms with Crippen molar-refractivity contribution < 1.29 is 14.3 Å². The first kappa shape index (κ1) is 18.5. The lowest BCUT2D eigenvalue weighted by molar-refractivity contribution is -0.122. The lowest BCUT2D eigenvalue weighted by Crippen LogP contribution is -2.41. The molecule has 7 heteroatoms. The highest BCUT2D eigenvalue weighted by molar-refractivity contribution is 6.04. The summed E-state index contributed by atoms with van der Waals surface area (Å²) < 4.78 is 5.68. The van der Waals surface area contributed by atoms with Crippen molar-refractivity contribution in [1.29, 1.82) is 0 Å². The van der Waals surface area contributed by atoms with Crippen LogP contribution in [0.3, 0.4) is 0 Å². The van der Waals surface area contributed by atoms with Gasteiger partial charge >= 0.3 is 0 Å². The van der Waals surface area contributed by atoms with E-state index in [-0.39, 0.29) is 24.2 Å². The van der Waals surface area contributed by atoms with Crippen molar-refractivity contribution >= 4 is 29.9 Å². The maximum absolute atomic E-state index is 12.8. The van der Waals surface area contributed by atoms with E-state index < -0.39 is 6.10 Å². The number of nitrogens with one attached hydrogen (secondary N) is 2. The van der Waals surface area contributed by atoms with E-state index in [9.17, 15) is 9.59 Å². The largest absolute Gasteiger partial charge is 0.478 e. The van der Waals surface area contributed by atoms with Crippen LogP contribution in [0.2, 0.25) is 0 Å². The highest BCUT2D eigenvalue weighted by atomic mass is 35.5. The molecular formula is C17H24ClN3O3. The van der Waals surface area contributed by atoms with Crippen LogP contribution < -0.4 is 15.4 Å². The van der Waals surface area contributed by atoms with Crippen LogP contribution in [-0.2, 0) is 4.79 Å². The second-order valence-electron chi connectivity index (χ2n) is 6.22. The molecule has 6 nitrogen and oxygen atoms in total. The Morgan fingerprint density at radius 1 is 1.38 bits per heavy atom. The number of hydrogen-bond donors (Lipinski definition) is 2. The Bertz CT molecular complexity index is 615. The maximum atomic E-state index is 12.8. The number of piperidine rings is 1. The summed E-state index contributed by atoms with van der Waals surface area (Å²) in [5.41, 5.74) is 1.10. The van der Waals surface area contributed by atoms with Crippen LogP contribution in [0, 0.1) is 5.92 Å². The number of halogens is 1. The van der Waals surface area contributed by atoms with E-state index >= 15 is 0 Å². The van der Waals surface area contributed by atoms with Crippen LogP contribution in [0.4, 0.5) is 5.69 Å². The van der Waals surface area contributed by atoms with Gasteiger partial charge in [0, 0.05) is 13.1 Å². The van der Waals surface area contributed by atoms with Gasteiger partial charge in [-0.3, -0.25) is 9.59 Å². The number of anilines is 1. The van der Waals surface area contributed by atoms with E-state index in [0.717, 1.165) is 32.5 Å². The summed E-state index contributed by atoms with van der Waals surface area (Å²) in [6, 6.07) is 5.31. The molecule has 1 fully saturated rings. The van der Waals surface area contributed by atoms with Crippen molar-refractivity contribution in [1.82, 2.24) is 10.2 Å². The molecular weight excluding hydrogens is 330 g/mol. The molecule has 1 atom stereocenters. The molecule has 0 bridgehead atoms. The molecule has 3 rings (SSSR count). The second-order valence-corrected chi connectivity index (χ2v) is 6.22. The van der Waals surface area contributed by atoms with Gasteiger partial charge < -0.3 is 20.3 Å². The third-order valence-corrected chi connectivity index (χ3v) is 4.56. The van der Waals surface area contributed by atoms with Gasteiger partial charge in [0.25, 0.3) is 11.8 Å². The average molecular weight is 354 g/mol. The fraction of sp³-hybridized carbons (Fsp3) is 0.529. The van der Waals surface area contributed by atoms with Gasteiger partial charge in [-0.1, -0.05) is 6.07 Å². The highest BCUT2D eigenvalue weighted by Crippen LogP contribution is 2.34. The van der Waals surface area contributed by atoms with Gasteiger partial charge in [0.15, 0.2) is 11.9 Å². The molecule has 2 aliphatic heterocycles. The van der Waals surface area contributed by atoms with Gasteiger partial charge in [0.05, 0.1) is 11.3 Å². The van der Waals surface area contributed by atoms with E-state index in [2.05, 4.69) is 10.6 Å². The molecule has 1 saturated heterocycles. The highest BCUT2D eigenvalue weighted by Gasteiger charge is 2.30. The Morgan fingerprint density at radius 3 is 2.75 bits per heavy atom. The minimum absolute atomic E-state index is 0. The Balaban J connectivity index is 0.00000208. The van der Waals surface area contributed by atoms with Gasteiger partial charge in [-0.05, 0) is 51.4 Å². The molecule has 1 aromatic rings. The van der Waals surface area contributed by atoms with E-state index in [1.165, 1.54) is 0 Å². The van der Waals surface area contributed by atoms with Crippen molar-refractivity contribution in [3.63, 3.8) is 0 Å². The number of ether oxygens (including phenoxy) is 1. The monoisotopic (exact) mass is 353 g/mol. The standard InChI is InChI=1S/C17H23N3O3.ClH/c1-11-16(21)19-14-5-3-4-13(15(14)23-11)17(22)20-8-6-12(7-9-20)10-18-2;/h3-5,11-12,18H,6-10H2,1-2H3,(H,19,21);1H. The summed E-state index contributed by atoms with van der Waals surface area (Å²) in [5, 5.41) is 5.99. The third kappa shape index (κ3) is 3.65. The molecule has 2 aliphatic rings. The number of nitrogens with zero attached hydrogens (tertiary/aromatic N) is 1. The minimum Gasteiger partial charge on any atom is -0.478 e. The van der Waals surface area contributed by atoms with Crippen molar-refractivity contribution in [3.05, 3.63) is 23.8 Å². The molecule has 0 aromatic heterocycles. The summed E-state index contributed by atoms with van der Waals surface area (Å²) >= 11 is 0. The molecule has 24 heavy (non-hydrogen) atoms. The smallest absolute Gasteiger partial charge is 0.265 e. The molecule has 0 radical (unpaired) electrons. The first-order chi connectivity index (χ1) is 11.1. The second kappa shape index (κ2) is 7.85. The van der Waals surface area contributed by atoms with Crippen LogP contribution in [0.25, 0.3) is 0 Å². The Kier molecular flexibility index (Phi) is 6.07. The Labute approximate surface area is 148 Å². The number of carbonyl (C=O) groups excluding carboxylic acids is 2. The number of benzene rings is 1. The summed E-state index contributed by atoms with van der Waals surface area (Å²) in [7, 11) is 1.96. The number of carbonyl (C=O) groups is 2. The third-order valence-electron chi connectivity index (χ3n) is 4.56. The van der Waals surface area contributed by atoms with Gasteiger partial charge in [0.2, 0.25) is 0 Å². The lowest BCUT2D eigenvalue weighted by Gasteiger charge is -2.33. The van der Waals surface area contributed by atoms with Crippen LogP contribution in [0.5, 0.6) is 5.75 Å². The summed E-state index contributed by atoms with van der Waals surface area (Å²) in [6.07, 6.45) is 1.43. The molecule has 0 aliphatic carbocycles. The summed E-state index contributed by atoms with van der Waals surface area (Å²) in [4.78, 5) is 26.4. The molecule has 132 valence electrons. The van der Waals surface area contributed by atoms with E-state index in [1.807, 2.05) is 11.9 Å². The molecule has 1 aromatic carbocycles. The van der Waals surface area contributed by atoms with E-state index in [4.69, 9.17) is 4.74 Å². The first-order valence-corrected chi connectivity index (χ1v) is 8.14. The van der Waals surface area contributed by atoms with Crippen molar-refractivity contribution in [2.24, 2.45) is 5.92 Å². The fourth-order valence-electron chi connectivity index (χ4n) is 3.19. The van der Waals surface area contributed by atoms with E-state index in [0.29, 0.717) is 22.9 Å². The van der Waals surface area contributed by atoms with Gasteiger partial charge in [-0.2, -0.15) is 0 Å². The molecule has 0 saturated carbocycles. The molecule has 2 N–H and O–H groups in total. The zero-order chi connectivity index (χ0) is 16.4. The maximum Gasteiger partial charge on any atom is 0.265 e. The lowest BCUT2D eigenvalue weighted by atomic mass is 9.96. The van der Waals surface area contributed by atoms with Crippen LogP contribution >= 0.6 is 12.4 Å². The predicted molar refractivity (Wildman–Crippen MR) is 95.0 cm³/mol. The van der Waals surface area contributed by atoms with E-state index in [1.54, 1.807) is 25.1 Å². The van der Waals surface area contributed by atoms with Crippen molar-refractivity contribution in [2.75, 3.05) is 32.0 Å². The fourth-order valence-corrected chi connectivity index (χ4v) is 3.19. The molecule has 1 unspecified atom stereocenters. The van der Waals surface area contributed by atoms with Crippen molar-refractivity contribution in [2.45, 2.75) is 25.9 Å². The number of likely N-dealkylation sites (tertiary alicyclic amines) is 1. The molecule has 2 amide bonds. The average Bonchev–Trinajstić information content (AvgIpc) is 2.56. The number of amides is 2. The SMILES string of the molecule is CNCC1CCN(C(=O)c2cccc3c2OC(C)C(=O)N3)CC1.Cl. The Hall–Kier alpha value is -1.79.